The zero-order valence-electron chi connectivity index (χ0n) is 13.1. The van der Waals surface area contributed by atoms with Gasteiger partial charge in [-0.1, -0.05) is 12.8 Å². The summed E-state index contributed by atoms with van der Waals surface area (Å²) in [6.45, 7) is 3.78. The molecule has 2 atom stereocenters. The third kappa shape index (κ3) is 5.98. The maximum absolute atomic E-state index is 12.1. The van der Waals surface area contributed by atoms with E-state index in [2.05, 4.69) is 17.2 Å². The summed E-state index contributed by atoms with van der Waals surface area (Å²) >= 11 is 0. The monoisotopic (exact) mass is 319 g/mol. The van der Waals surface area contributed by atoms with Gasteiger partial charge in [0.15, 0.2) is 0 Å². The molecule has 0 aromatic heterocycles. The molecule has 124 valence electrons. The second-order valence-corrected chi connectivity index (χ2v) is 4.81. The number of amides is 2. The van der Waals surface area contributed by atoms with Crippen LogP contribution in [-0.2, 0) is 4.79 Å². The third-order valence-corrected chi connectivity index (χ3v) is 2.93. The van der Waals surface area contributed by atoms with Gasteiger partial charge in [0.05, 0.1) is 0 Å². The molecule has 0 bridgehead atoms. The Morgan fingerprint density at radius 3 is 2.48 bits per heavy atom. The number of hydroxylamine groups is 1. The van der Waals surface area contributed by atoms with E-state index in [-0.39, 0.29) is 6.61 Å². The number of carbonyl (C=O) groups excluding carboxylic acids is 2. The van der Waals surface area contributed by atoms with Crippen molar-refractivity contribution >= 4 is 11.8 Å². The first-order valence-corrected chi connectivity index (χ1v) is 7.18. The van der Waals surface area contributed by atoms with Gasteiger partial charge in [-0.05, 0) is 31.2 Å². The molecular formula is C16H21N3O4. The number of rotatable bonds is 6. The van der Waals surface area contributed by atoms with E-state index >= 15 is 0 Å². The van der Waals surface area contributed by atoms with Gasteiger partial charge in [-0.3, -0.25) is 14.8 Å². The van der Waals surface area contributed by atoms with Gasteiger partial charge in [-0.2, -0.15) is 0 Å². The first kappa shape index (κ1) is 18.5. The number of ether oxygens (including phenoxy) is 1. The van der Waals surface area contributed by atoms with Crippen molar-refractivity contribution < 1.29 is 19.5 Å². The van der Waals surface area contributed by atoms with Crippen LogP contribution in [0.1, 0.15) is 30.6 Å². The molecule has 0 aliphatic heterocycles. The highest BCUT2D eigenvalue weighted by molar-refractivity contribution is 5.97. The highest BCUT2D eigenvalue weighted by Gasteiger charge is 2.24. The average molecular weight is 319 g/mol. The summed E-state index contributed by atoms with van der Waals surface area (Å²) < 4.78 is 5.40. The summed E-state index contributed by atoms with van der Waals surface area (Å²) in [4.78, 5) is 23.6. The second-order valence-electron chi connectivity index (χ2n) is 4.81. The van der Waals surface area contributed by atoms with E-state index in [0.717, 1.165) is 6.42 Å². The number of nitrogens with one attached hydrogen (secondary N) is 2. The predicted octanol–water partition coefficient (Wildman–Crippen LogP) is 0.430. The van der Waals surface area contributed by atoms with Crippen molar-refractivity contribution in [1.29, 1.82) is 0 Å². The standard InChI is InChI=1S/C16H21N3O4/c1-3-4-5-10-23-13-8-6-12(7-9-13)15(20)18-14(11(2)17)16(21)19-22/h6-9,11,14,22H,3,10,17H2,1-2H3,(H,18,20)(H,19,21)/t11-,14+/m1/s1. The summed E-state index contributed by atoms with van der Waals surface area (Å²) in [6, 6.07) is 4.70. The highest BCUT2D eigenvalue weighted by atomic mass is 16.5. The Bertz CT molecular complexity index is 588. The smallest absolute Gasteiger partial charge is 0.267 e. The fourth-order valence-electron chi connectivity index (χ4n) is 1.73. The largest absolute Gasteiger partial charge is 0.481 e. The average Bonchev–Trinajstić information content (AvgIpc) is 2.56. The first-order valence-electron chi connectivity index (χ1n) is 7.18. The first-order chi connectivity index (χ1) is 11.0. The molecule has 0 saturated heterocycles. The molecule has 0 aliphatic rings. The Labute approximate surface area is 135 Å². The lowest BCUT2D eigenvalue weighted by atomic mass is 10.1. The minimum Gasteiger partial charge on any atom is -0.481 e. The number of hydrogen-bond acceptors (Lipinski definition) is 5. The van der Waals surface area contributed by atoms with Gasteiger partial charge in [0.1, 0.15) is 18.4 Å². The number of hydrogen-bond donors (Lipinski definition) is 4. The second kappa shape index (κ2) is 9.46. The van der Waals surface area contributed by atoms with Crippen LogP contribution in [0.4, 0.5) is 0 Å². The minimum absolute atomic E-state index is 0.281. The molecule has 2 amide bonds. The van der Waals surface area contributed by atoms with E-state index in [1.807, 2.05) is 6.92 Å². The Morgan fingerprint density at radius 1 is 1.30 bits per heavy atom. The Hall–Kier alpha value is -2.56. The summed E-state index contributed by atoms with van der Waals surface area (Å²) in [6.07, 6.45) is 0.768. The van der Waals surface area contributed by atoms with Crippen LogP contribution in [0.5, 0.6) is 5.75 Å². The van der Waals surface area contributed by atoms with Crippen molar-refractivity contribution in [1.82, 2.24) is 10.8 Å². The van der Waals surface area contributed by atoms with E-state index in [0.29, 0.717) is 11.3 Å². The van der Waals surface area contributed by atoms with Gasteiger partial charge < -0.3 is 15.8 Å². The van der Waals surface area contributed by atoms with Crippen LogP contribution in [0.15, 0.2) is 24.3 Å². The van der Waals surface area contributed by atoms with Crippen LogP contribution < -0.4 is 21.3 Å². The van der Waals surface area contributed by atoms with Crippen LogP contribution in [0.3, 0.4) is 0 Å². The van der Waals surface area contributed by atoms with Gasteiger partial charge in [-0.25, -0.2) is 5.48 Å². The zero-order chi connectivity index (χ0) is 17.2. The maximum Gasteiger partial charge on any atom is 0.267 e. The zero-order valence-corrected chi connectivity index (χ0v) is 13.1. The molecule has 7 heteroatoms. The summed E-state index contributed by atoms with van der Waals surface area (Å²) in [5, 5.41) is 11.1. The molecule has 0 heterocycles. The van der Waals surface area contributed by atoms with Gasteiger partial charge in [-0.15, -0.1) is 5.92 Å². The number of nitrogens with two attached hydrogens (primary N) is 1. The van der Waals surface area contributed by atoms with Crippen molar-refractivity contribution in [2.75, 3.05) is 6.61 Å². The van der Waals surface area contributed by atoms with Crippen molar-refractivity contribution in [3.63, 3.8) is 0 Å². The lowest BCUT2D eigenvalue weighted by Gasteiger charge is -2.20. The van der Waals surface area contributed by atoms with E-state index in [9.17, 15) is 9.59 Å². The fraction of sp³-hybridized carbons (Fsp3) is 0.375. The molecule has 5 N–H and O–H groups in total. The molecule has 0 fully saturated rings. The van der Waals surface area contributed by atoms with Crippen LogP contribution in [0.2, 0.25) is 0 Å². The highest BCUT2D eigenvalue weighted by Crippen LogP contribution is 2.12. The molecule has 1 aromatic carbocycles. The van der Waals surface area contributed by atoms with Crippen molar-refractivity contribution in [3.05, 3.63) is 29.8 Å². The molecule has 0 radical (unpaired) electrons. The topological polar surface area (TPSA) is 114 Å². The van der Waals surface area contributed by atoms with Gasteiger partial charge in [0, 0.05) is 18.0 Å². The Kier molecular flexibility index (Phi) is 7.60. The van der Waals surface area contributed by atoms with E-state index in [4.69, 9.17) is 15.7 Å². The number of benzene rings is 1. The maximum atomic E-state index is 12.1. The Morgan fingerprint density at radius 2 is 1.96 bits per heavy atom. The molecule has 1 aromatic rings. The van der Waals surface area contributed by atoms with Crippen LogP contribution in [0, 0.1) is 11.8 Å². The van der Waals surface area contributed by atoms with Crippen molar-refractivity contribution in [2.24, 2.45) is 5.73 Å². The molecule has 1 rings (SSSR count). The molecule has 0 spiro atoms. The van der Waals surface area contributed by atoms with Gasteiger partial charge >= 0.3 is 0 Å². The quantitative estimate of drug-likeness (QED) is 0.345. The number of carbonyl (C=O) groups is 2. The van der Waals surface area contributed by atoms with E-state index in [1.54, 1.807) is 31.2 Å². The summed E-state index contributed by atoms with van der Waals surface area (Å²) in [7, 11) is 0. The van der Waals surface area contributed by atoms with Crippen LogP contribution in [0.25, 0.3) is 0 Å². The van der Waals surface area contributed by atoms with E-state index in [1.165, 1.54) is 5.48 Å². The minimum atomic E-state index is -1.03. The molecule has 23 heavy (non-hydrogen) atoms. The lowest BCUT2D eigenvalue weighted by molar-refractivity contribution is -0.131. The summed E-state index contributed by atoms with van der Waals surface area (Å²) in [5.41, 5.74) is 7.44. The normalized spacial score (nSPS) is 12.3. The molecular weight excluding hydrogens is 298 g/mol. The van der Waals surface area contributed by atoms with E-state index < -0.39 is 23.9 Å². The Balaban J connectivity index is 2.67. The van der Waals surface area contributed by atoms with Crippen LogP contribution in [-0.4, -0.2) is 35.7 Å². The van der Waals surface area contributed by atoms with Crippen LogP contribution >= 0.6 is 0 Å². The molecule has 0 unspecified atom stereocenters. The predicted molar refractivity (Wildman–Crippen MR) is 84.8 cm³/mol. The lowest BCUT2D eigenvalue weighted by Crippen LogP contribution is -2.54. The molecule has 0 aliphatic carbocycles. The van der Waals surface area contributed by atoms with Gasteiger partial charge in [0.2, 0.25) is 0 Å². The SMILES string of the molecule is CCC#CCOc1ccc(C(=O)N[C@H](C(=O)NO)[C@@H](C)N)cc1. The fourth-order valence-corrected chi connectivity index (χ4v) is 1.73. The van der Waals surface area contributed by atoms with Crippen molar-refractivity contribution in [3.8, 4) is 17.6 Å². The summed E-state index contributed by atoms with van der Waals surface area (Å²) in [5.74, 6) is 5.07. The molecule has 0 saturated carbocycles. The van der Waals surface area contributed by atoms with Gasteiger partial charge in [0.25, 0.3) is 11.8 Å². The molecule has 7 nitrogen and oxygen atoms in total. The van der Waals surface area contributed by atoms with Crippen molar-refractivity contribution in [2.45, 2.75) is 32.4 Å². The third-order valence-electron chi connectivity index (χ3n) is 2.93.